The van der Waals surface area contributed by atoms with Crippen molar-refractivity contribution in [3.8, 4) is 0 Å². The molecule has 108 valence electrons. The summed E-state index contributed by atoms with van der Waals surface area (Å²) in [5.74, 6) is 0. The van der Waals surface area contributed by atoms with Crippen molar-refractivity contribution in [2.75, 3.05) is 13.1 Å². The van der Waals surface area contributed by atoms with Gasteiger partial charge >= 0.3 is 0 Å². The maximum atomic E-state index is 10.2. The molecule has 0 unspecified atom stereocenters. The summed E-state index contributed by atoms with van der Waals surface area (Å²) in [5.41, 5.74) is 1.58. The highest BCUT2D eigenvalue weighted by Gasteiger charge is 2.40. The predicted molar refractivity (Wildman–Crippen MR) is 77.4 cm³/mol. The van der Waals surface area contributed by atoms with E-state index in [0.717, 1.165) is 61.9 Å². The second kappa shape index (κ2) is 5.81. The lowest BCUT2D eigenvalue weighted by Gasteiger charge is -2.46. The molecule has 5 heteroatoms. The van der Waals surface area contributed by atoms with Crippen LogP contribution in [0.15, 0.2) is 0 Å². The summed E-state index contributed by atoms with van der Waals surface area (Å²) in [4.78, 5) is 2.24. The fourth-order valence-corrected chi connectivity index (χ4v) is 3.23. The molecule has 1 saturated heterocycles. The van der Waals surface area contributed by atoms with Gasteiger partial charge in [-0.05, 0) is 19.8 Å². The van der Waals surface area contributed by atoms with E-state index in [9.17, 15) is 5.11 Å². The Morgan fingerprint density at radius 2 is 2.00 bits per heavy atom. The van der Waals surface area contributed by atoms with Crippen molar-refractivity contribution < 1.29 is 5.11 Å². The Balaban J connectivity index is 2.03. The minimum Gasteiger partial charge on any atom is -0.387 e. The molecule has 0 saturated carbocycles. The fourth-order valence-electron chi connectivity index (χ4n) is 2.90. The van der Waals surface area contributed by atoms with Gasteiger partial charge in [0.2, 0.25) is 0 Å². The van der Waals surface area contributed by atoms with Crippen LogP contribution in [0, 0.1) is 0 Å². The number of hydrogen-bond acceptors (Lipinski definition) is 3. The third-order valence-corrected chi connectivity index (χ3v) is 4.26. The van der Waals surface area contributed by atoms with Gasteiger partial charge in [-0.3, -0.25) is 9.58 Å². The first kappa shape index (κ1) is 14.8. The maximum absolute atomic E-state index is 10.2. The summed E-state index contributed by atoms with van der Waals surface area (Å²) < 4.78 is 1.98. The van der Waals surface area contributed by atoms with Crippen molar-refractivity contribution >= 4 is 11.6 Å². The van der Waals surface area contributed by atoms with Gasteiger partial charge in [0.05, 0.1) is 22.0 Å². The average Bonchev–Trinajstić information content (AvgIpc) is 2.64. The van der Waals surface area contributed by atoms with E-state index in [0.29, 0.717) is 0 Å². The van der Waals surface area contributed by atoms with Gasteiger partial charge in [-0.1, -0.05) is 31.9 Å². The molecule has 0 aliphatic carbocycles. The number of halogens is 1. The molecule has 1 aliphatic heterocycles. The normalized spacial score (nSPS) is 18.6. The molecule has 4 nitrogen and oxygen atoms in total. The lowest BCUT2D eigenvalue weighted by atomic mass is 9.89. The largest absolute Gasteiger partial charge is 0.387 e. The van der Waals surface area contributed by atoms with Crippen LogP contribution in [0.4, 0.5) is 0 Å². The minimum absolute atomic E-state index is 0.480. The quantitative estimate of drug-likeness (QED) is 0.873. The number of nitrogens with zero attached hydrogens (tertiary/aromatic N) is 3. The fraction of sp³-hybridized carbons (Fsp3) is 0.786. The number of hydrogen-bond donors (Lipinski definition) is 1. The SMILES string of the molecule is CCCC1(O)CN(Cc2c(Cl)c(CC)nn2CC)C1. The first-order chi connectivity index (χ1) is 9.03. The molecular formula is C14H24ClN3O. The molecule has 0 atom stereocenters. The van der Waals surface area contributed by atoms with Gasteiger partial charge < -0.3 is 5.11 Å². The van der Waals surface area contributed by atoms with Gasteiger partial charge in [0, 0.05) is 26.2 Å². The average molecular weight is 286 g/mol. The Morgan fingerprint density at radius 3 is 2.53 bits per heavy atom. The Morgan fingerprint density at radius 1 is 1.32 bits per heavy atom. The van der Waals surface area contributed by atoms with E-state index in [4.69, 9.17) is 11.6 Å². The van der Waals surface area contributed by atoms with Gasteiger partial charge in [0.1, 0.15) is 0 Å². The Bertz CT molecular complexity index is 438. The Labute approximate surface area is 120 Å². The van der Waals surface area contributed by atoms with Crippen molar-refractivity contribution in [2.45, 2.75) is 58.7 Å². The van der Waals surface area contributed by atoms with Crippen LogP contribution in [0.5, 0.6) is 0 Å². The third-order valence-electron chi connectivity index (χ3n) is 3.82. The second-order valence-corrected chi connectivity index (χ2v) is 5.87. The molecule has 1 aliphatic rings. The summed E-state index contributed by atoms with van der Waals surface area (Å²) in [7, 11) is 0. The Hall–Kier alpha value is -0.580. The molecule has 0 aromatic carbocycles. The molecule has 1 fully saturated rings. The van der Waals surface area contributed by atoms with Gasteiger partial charge in [-0.2, -0.15) is 5.10 Å². The van der Waals surface area contributed by atoms with Crippen molar-refractivity contribution in [3.63, 3.8) is 0 Å². The van der Waals surface area contributed by atoms with Crippen molar-refractivity contribution in [1.29, 1.82) is 0 Å². The molecule has 0 amide bonds. The Kier molecular flexibility index (Phi) is 4.54. The van der Waals surface area contributed by atoms with Gasteiger partial charge in [-0.15, -0.1) is 0 Å². The van der Waals surface area contributed by atoms with Crippen LogP contribution in [0.25, 0.3) is 0 Å². The summed E-state index contributed by atoms with van der Waals surface area (Å²) in [6.45, 7) is 9.36. The van der Waals surface area contributed by atoms with Crippen molar-refractivity contribution in [2.24, 2.45) is 0 Å². The maximum Gasteiger partial charge on any atom is 0.0900 e. The lowest BCUT2D eigenvalue weighted by molar-refractivity contribution is -0.107. The first-order valence-electron chi connectivity index (χ1n) is 7.21. The number of aryl methyl sites for hydroxylation is 2. The van der Waals surface area contributed by atoms with Crippen LogP contribution in [-0.4, -0.2) is 38.5 Å². The molecule has 2 heterocycles. The van der Waals surface area contributed by atoms with E-state index in [2.05, 4.69) is 30.8 Å². The summed E-state index contributed by atoms with van der Waals surface area (Å²) in [6, 6.07) is 0. The number of rotatable bonds is 6. The molecule has 1 aromatic rings. The molecule has 2 rings (SSSR count). The standard InChI is InChI=1S/C14H24ClN3O/c1-4-7-14(19)9-17(10-14)8-12-13(15)11(5-2)16-18(12)6-3/h19H,4-10H2,1-3H3. The summed E-state index contributed by atoms with van der Waals surface area (Å²) in [5, 5.41) is 15.5. The zero-order valence-corrected chi connectivity index (χ0v) is 12.9. The first-order valence-corrected chi connectivity index (χ1v) is 7.59. The van der Waals surface area contributed by atoms with E-state index in [1.807, 2.05) is 4.68 Å². The molecule has 1 aromatic heterocycles. The topological polar surface area (TPSA) is 41.3 Å². The molecule has 19 heavy (non-hydrogen) atoms. The van der Waals surface area contributed by atoms with Crippen molar-refractivity contribution in [1.82, 2.24) is 14.7 Å². The van der Waals surface area contributed by atoms with Crippen LogP contribution in [0.3, 0.4) is 0 Å². The lowest BCUT2D eigenvalue weighted by Crippen LogP contribution is -2.61. The second-order valence-electron chi connectivity index (χ2n) is 5.50. The van der Waals surface area contributed by atoms with Crippen LogP contribution in [0.2, 0.25) is 5.02 Å². The van der Waals surface area contributed by atoms with Gasteiger partial charge in [-0.25, -0.2) is 0 Å². The molecule has 0 bridgehead atoms. The van der Waals surface area contributed by atoms with E-state index in [1.54, 1.807) is 0 Å². The number of aromatic nitrogens is 2. The number of aliphatic hydroxyl groups is 1. The van der Waals surface area contributed by atoms with E-state index in [1.165, 1.54) is 0 Å². The molecule has 0 spiro atoms. The summed E-state index contributed by atoms with van der Waals surface area (Å²) in [6.07, 6.45) is 2.76. The third kappa shape index (κ3) is 2.96. The zero-order chi connectivity index (χ0) is 14.0. The number of β-amino-alcohol motifs (C(OH)–C–C–N with tert-alkyl or cyclic N) is 1. The highest BCUT2D eigenvalue weighted by Crippen LogP contribution is 2.30. The predicted octanol–water partition coefficient (Wildman–Crippen LogP) is 2.47. The molecular weight excluding hydrogens is 262 g/mol. The number of likely N-dealkylation sites (tertiary alicyclic amines) is 1. The van der Waals surface area contributed by atoms with Gasteiger partial charge in [0.25, 0.3) is 0 Å². The summed E-state index contributed by atoms with van der Waals surface area (Å²) >= 11 is 6.39. The highest BCUT2D eigenvalue weighted by atomic mass is 35.5. The van der Waals surface area contributed by atoms with E-state index >= 15 is 0 Å². The minimum atomic E-state index is -0.480. The van der Waals surface area contributed by atoms with Crippen LogP contribution >= 0.6 is 11.6 Å². The van der Waals surface area contributed by atoms with Crippen molar-refractivity contribution in [3.05, 3.63) is 16.4 Å². The monoisotopic (exact) mass is 285 g/mol. The smallest absolute Gasteiger partial charge is 0.0900 e. The van der Waals surface area contributed by atoms with E-state index < -0.39 is 5.60 Å². The highest BCUT2D eigenvalue weighted by molar-refractivity contribution is 6.31. The van der Waals surface area contributed by atoms with Crippen LogP contribution in [-0.2, 0) is 19.5 Å². The zero-order valence-electron chi connectivity index (χ0n) is 12.1. The van der Waals surface area contributed by atoms with E-state index in [-0.39, 0.29) is 0 Å². The molecule has 0 radical (unpaired) electrons. The van der Waals surface area contributed by atoms with Gasteiger partial charge in [0.15, 0.2) is 0 Å². The molecule has 1 N–H and O–H groups in total. The van der Waals surface area contributed by atoms with Crippen LogP contribution in [0.1, 0.15) is 45.0 Å². The van der Waals surface area contributed by atoms with Crippen LogP contribution < -0.4 is 0 Å².